The van der Waals surface area contributed by atoms with Crippen molar-refractivity contribution < 1.29 is 14.0 Å². The predicted molar refractivity (Wildman–Crippen MR) is 91.7 cm³/mol. The van der Waals surface area contributed by atoms with Gasteiger partial charge in [0, 0.05) is 24.3 Å². The molecule has 0 unspecified atom stereocenters. The van der Waals surface area contributed by atoms with Crippen LogP contribution in [0.15, 0.2) is 42.5 Å². The number of anilines is 2. The highest BCUT2D eigenvalue weighted by Crippen LogP contribution is 2.27. The molecule has 0 radical (unpaired) electrons. The largest absolute Gasteiger partial charge is 0.326 e. The number of nitrogens with zero attached hydrogens (tertiary/aromatic N) is 1. The fourth-order valence-electron chi connectivity index (χ4n) is 2.75. The van der Waals surface area contributed by atoms with Crippen molar-refractivity contribution in [3.63, 3.8) is 0 Å². The van der Waals surface area contributed by atoms with Crippen LogP contribution in [0.4, 0.5) is 15.8 Å². The van der Waals surface area contributed by atoms with Gasteiger partial charge in [-0.2, -0.15) is 0 Å². The van der Waals surface area contributed by atoms with Crippen molar-refractivity contribution in [3.8, 4) is 0 Å². The lowest BCUT2D eigenvalue weighted by Gasteiger charge is -2.17. The summed E-state index contributed by atoms with van der Waals surface area (Å²) in [6.45, 7) is 2.27. The molecule has 3 rings (SSSR count). The zero-order valence-corrected chi connectivity index (χ0v) is 13.8. The number of carbonyl (C=O) groups excluding carboxylic acids is 2. The van der Waals surface area contributed by atoms with Crippen LogP contribution in [0.1, 0.15) is 12.0 Å². The van der Waals surface area contributed by atoms with Crippen LogP contribution in [0.3, 0.4) is 0 Å². The molecule has 1 fully saturated rings. The van der Waals surface area contributed by atoms with Crippen LogP contribution in [-0.2, 0) is 9.59 Å². The van der Waals surface area contributed by atoms with E-state index < -0.39 is 11.7 Å². The monoisotopic (exact) mass is 346 g/mol. The number of hydrogen-bond acceptors (Lipinski definition) is 2. The van der Waals surface area contributed by atoms with Gasteiger partial charge in [0.15, 0.2) is 0 Å². The second-order valence-corrected chi connectivity index (χ2v) is 6.27. The van der Waals surface area contributed by atoms with Crippen LogP contribution in [0.5, 0.6) is 0 Å². The first kappa shape index (κ1) is 16.5. The van der Waals surface area contributed by atoms with E-state index >= 15 is 0 Å². The van der Waals surface area contributed by atoms with Crippen LogP contribution in [-0.4, -0.2) is 18.4 Å². The van der Waals surface area contributed by atoms with Crippen molar-refractivity contribution in [2.75, 3.05) is 16.8 Å². The quantitative estimate of drug-likeness (QED) is 0.919. The van der Waals surface area contributed by atoms with Crippen molar-refractivity contribution in [2.24, 2.45) is 5.92 Å². The van der Waals surface area contributed by atoms with Crippen LogP contribution < -0.4 is 10.2 Å². The Labute approximate surface area is 144 Å². The maximum atomic E-state index is 13.2. The summed E-state index contributed by atoms with van der Waals surface area (Å²) >= 11 is 5.71. The molecule has 124 valence electrons. The minimum absolute atomic E-state index is 0.0586. The molecule has 1 aliphatic heterocycles. The molecule has 1 heterocycles. The molecule has 6 heteroatoms. The molecular formula is C18H16ClFN2O2. The number of hydrogen-bond donors (Lipinski definition) is 1. The fourth-order valence-corrected chi connectivity index (χ4v) is 2.93. The fraction of sp³-hybridized carbons (Fsp3) is 0.222. The van der Waals surface area contributed by atoms with Crippen molar-refractivity contribution >= 4 is 34.8 Å². The average Bonchev–Trinajstić information content (AvgIpc) is 2.93. The Morgan fingerprint density at radius 2 is 2.08 bits per heavy atom. The zero-order valence-electron chi connectivity index (χ0n) is 13.1. The SMILES string of the molecule is Cc1cccc(N2C[C@H](C(=O)Nc3ccc(F)c(Cl)c3)CC2=O)c1. The molecule has 1 saturated heterocycles. The van der Waals surface area contributed by atoms with Crippen LogP contribution in [0.25, 0.3) is 0 Å². The highest BCUT2D eigenvalue weighted by Gasteiger charge is 2.35. The van der Waals surface area contributed by atoms with Crippen molar-refractivity contribution in [3.05, 3.63) is 58.9 Å². The Hall–Kier alpha value is -2.40. The highest BCUT2D eigenvalue weighted by molar-refractivity contribution is 6.31. The molecular weight excluding hydrogens is 331 g/mol. The highest BCUT2D eigenvalue weighted by atomic mass is 35.5. The smallest absolute Gasteiger partial charge is 0.229 e. The molecule has 1 atom stereocenters. The Morgan fingerprint density at radius 1 is 1.29 bits per heavy atom. The number of halogens is 2. The third kappa shape index (κ3) is 3.41. The van der Waals surface area contributed by atoms with Gasteiger partial charge in [0.25, 0.3) is 0 Å². The molecule has 0 aromatic heterocycles. The standard InChI is InChI=1S/C18H16ClFN2O2/c1-11-3-2-4-14(7-11)22-10-12(8-17(22)23)18(24)21-13-5-6-16(20)15(19)9-13/h2-7,9,12H,8,10H2,1H3,(H,21,24)/t12-/m1/s1. The van der Waals surface area contributed by atoms with Gasteiger partial charge < -0.3 is 10.2 Å². The molecule has 24 heavy (non-hydrogen) atoms. The topological polar surface area (TPSA) is 49.4 Å². The summed E-state index contributed by atoms with van der Waals surface area (Å²) < 4.78 is 13.2. The molecule has 1 aliphatic rings. The maximum Gasteiger partial charge on any atom is 0.229 e. The first-order chi connectivity index (χ1) is 11.4. The summed E-state index contributed by atoms with van der Waals surface area (Å²) in [7, 11) is 0. The van der Waals surface area contributed by atoms with Crippen molar-refractivity contribution in [1.29, 1.82) is 0 Å². The van der Waals surface area contributed by atoms with Gasteiger partial charge in [0.05, 0.1) is 10.9 Å². The van der Waals surface area contributed by atoms with Crippen LogP contribution in [0, 0.1) is 18.7 Å². The van der Waals surface area contributed by atoms with Gasteiger partial charge in [-0.05, 0) is 42.8 Å². The molecule has 0 spiro atoms. The predicted octanol–water partition coefficient (Wildman–Crippen LogP) is 3.78. The molecule has 0 saturated carbocycles. The maximum absolute atomic E-state index is 13.2. The summed E-state index contributed by atoms with van der Waals surface area (Å²) in [6.07, 6.45) is 0.148. The second kappa shape index (κ2) is 6.61. The number of nitrogens with one attached hydrogen (secondary N) is 1. The van der Waals surface area contributed by atoms with E-state index in [0.29, 0.717) is 12.2 Å². The van der Waals surface area contributed by atoms with E-state index in [-0.39, 0.29) is 23.3 Å². The summed E-state index contributed by atoms with van der Waals surface area (Å²) in [5.74, 6) is -1.36. The van der Waals surface area contributed by atoms with Gasteiger partial charge in [-0.1, -0.05) is 23.7 Å². The Bertz CT molecular complexity index is 809. The van der Waals surface area contributed by atoms with Gasteiger partial charge >= 0.3 is 0 Å². The van der Waals surface area contributed by atoms with E-state index in [4.69, 9.17) is 11.6 Å². The van der Waals surface area contributed by atoms with Gasteiger partial charge in [0.1, 0.15) is 5.82 Å². The Morgan fingerprint density at radius 3 is 2.79 bits per heavy atom. The lowest BCUT2D eigenvalue weighted by atomic mass is 10.1. The number of rotatable bonds is 3. The third-order valence-corrected chi connectivity index (χ3v) is 4.29. The van der Waals surface area contributed by atoms with E-state index in [1.807, 2.05) is 31.2 Å². The molecule has 0 bridgehead atoms. The van der Waals surface area contributed by atoms with Crippen molar-refractivity contribution in [2.45, 2.75) is 13.3 Å². The normalized spacial score (nSPS) is 17.2. The minimum atomic E-state index is -0.545. The zero-order chi connectivity index (χ0) is 17.3. The summed E-state index contributed by atoms with van der Waals surface area (Å²) in [6, 6.07) is 11.6. The lowest BCUT2D eigenvalue weighted by molar-refractivity contribution is -0.122. The van der Waals surface area contributed by atoms with Gasteiger partial charge in [-0.15, -0.1) is 0 Å². The number of carbonyl (C=O) groups is 2. The van der Waals surface area contributed by atoms with E-state index in [0.717, 1.165) is 11.3 Å². The molecule has 1 N–H and O–H groups in total. The van der Waals surface area contributed by atoms with Gasteiger partial charge in [-0.25, -0.2) is 4.39 Å². The average molecular weight is 347 g/mol. The number of aryl methyl sites for hydroxylation is 1. The number of benzene rings is 2. The van der Waals surface area contributed by atoms with E-state index in [9.17, 15) is 14.0 Å². The van der Waals surface area contributed by atoms with E-state index in [2.05, 4.69) is 5.32 Å². The Balaban J connectivity index is 1.70. The molecule has 2 amide bonds. The number of amides is 2. The van der Waals surface area contributed by atoms with Gasteiger partial charge in [0.2, 0.25) is 11.8 Å². The van der Waals surface area contributed by atoms with Crippen molar-refractivity contribution in [1.82, 2.24) is 0 Å². The Kier molecular flexibility index (Phi) is 4.53. The second-order valence-electron chi connectivity index (χ2n) is 5.86. The molecule has 2 aromatic rings. The first-order valence-corrected chi connectivity index (χ1v) is 7.95. The summed E-state index contributed by atoms with van der Waals surface area (Å²) in [5, 5.41) is 2.63. The summed E-state index contributed by atoms with van der Waals surface area (Å²) in [4.78, 5) is 26.2. The molecule has 4 nitrogen and oxygen atoms in total. The molecule has 2 aromatic carbocycles. The summed E-state index contributed by atoms with van der Waals surface area (Å²) in [5.41, 5.74) is 2.25. The molecule has 0 aliphatic carbocycles. The lowest BCUT2D eigenvalue weighted by Crippen LogP contribution is -2.28. The van der Waals surface area contributed by atoms with E-state index in [1.165, 1.54) is 18.2 Å². The van der Waals surface area contributed by atoms with E-state index in [1.54, 1.807) is 4.90 Å². The van der Waals surface area contributed by atoms with Crippen LogP contribution in [0.2, 0.25) is 5.02 Å². The van der Waals surface area contributed by atoms with Gasteiger partial charge in [-0.3, -0.25) is 9.59 Å². The minimum Gasteiger partial charge on any atom is -0.326 e. The van der Waals surface area contributed by atoms with Crippen LogP contribution >= 0.6 is 11.6 Å². The third-order valence-electron chi connectivity index (χ3n) is 4.00. The first-order valence-electron chi connectivity index (χ1n) is 7.57.